The fourth-order valence-corrected chi connectivity index (χ4v) is 4.48. The van der Waals surface area contributed by atoms with Crippen LogP contribution in [0.4, 0.5) is 5.69 Å². The maximum absolute atomic E-state index is 12.8. The third kappa shape index (κ3) is 3.69. The number of nitrogens with one attached hydrogen (secondary N) is 1. The van der Waals surface area contributed by atoms with Crippen molar-refractivity contribution in [3.8, 4) is 22.6 Å². The summed E-state index contributed by atoms with van der Waals surface area (Å²) in [6, 6.07) is 22.8. The summed E-state index contributed by atoms with van der Waals surface area (Å²) in [6.07, 6.45) is 0. The maximum Gasteiger partial charge on any atom is 0.261 e. The highest BCUT2D eigenvalue weighted by atomic mass is 32.2. The monoisotopic (exact) mass is 419 g/mol. The van der Waals surface area contributed by atoms with Gasteiger partial charge in [0.25, 0.3) is 10.0 Å². The quantitative estimate of drug-likeness (QED) is 0.429. The fourth-order valence-electron chi connectivity index (χ4n) is 3.43. The van der Waals surface area contributed by atoms with Crippen LogP contribution in [-0.2, 0) is 10.0 Å². The number of aryl methyl sites for hydroxylation is 1. The zero-order valence-electron chi connectivity index (χ0n) is 16.6. The average molecular weight is 420 g/mol. The average Bonchev–Trinajstić information content (AvgIpc) is 2.74. The molecule has 0 radical (unpaired) electrons. The minimum absolute atomic E-state index is 0.0305. The summed E-state index contributed by atoms with van der Waals surface area (Å²) >= 11 is 0. The highest BCUT2D eigenvalue weighted by Crippen LogP contribution is 2.42. The van der Waals surface area contributed by atoms with E-state index in [1.54, 1.807) is 37.4 Å². The molecule has 4 rings (SSSR count). The zero-order chi connectivity index (χ0) is 21.3. The molecule has 0 atom stereocenters. The number of sulfonamides is 1. The Labute approximate surface area is 175 Å². The van der Waals surface area contributed by atoms with Gasteiger partial charge in [-0.15, -0.1) is 0 Å². The second kappa shape index (κ2) is 7.72. The third-order valence-corrected chi connectivity index (χ3v) is 6.36. The van der Waals surface area contributed by atoms with Crippen LogP contribution in [0.5, 0.6) is 11.5 Å². The van der Waals surface area contributed by atoms with Gasteiger partial charge in [0.05, 0.1) is 12.0 Å². The number of hydrogen-bond acceptors (Lipinski definition) is 4. The number of benzene rings is 4. The van der Waals surface area contributed by atoms with E-state index in [4.69, 9.17) is 4.74 Å². The molecule has 0 heterocycles. The second-order valence-corrected chi connectivity index (χ2v) is 8.70. The lowest BCUT2D eigenvalue weighted by Gasteiger charge is -2.15. The topological polar surface area (TPSA) is 75.6 Å². The summed E-state index contributed by atoms with van der Waals surface area (Å²) in [4.78, 5) is 0.172. The van der Waals surface area contributed by atoms with Crippen LogP contribution in [-0.4, -0.2) is 20.6 Å². The van der Waals surface area contributed by atoms with Crippen molar-refractivity contribution in [2.45, 2.75) is 11.8 Å². The van der Waals surface area contributed by atoms with Crippen molar-refractivity contribution in [1.82, 2.24) is 0 Å². The zero-order valence-corrected chi connectivity index (χ0v) is 17.4. The number of fused-ring (bicyclic) bond motifs is 1. The molecular formula is C24H21NO4S. The molecule has 0 aliphatic carbocycles. The Morgan fingerprint density at radius 3 is 2.37 bits per heavy atom. The Morgan fingerprint density at radius 1 is 0.900 bits per heavy atom. The Morgan fingerprint density at radius 2 is 1.63 bits per heavy atom. The van der Waals surface area contributed by atoms with E-state index in [-0.39, 0.29) is 10.6 Å². The lowest BCUT2D eigenvalue weighted by atomic mass is 9.96. The predicted octanol–water partition coefficient (Wildman–Crippen LogP) is 5.33. The molecule has 0 aliphatic rings. The Balaban J connectivity index is 1.82. The summed E-state index contributed by atoms with van der Waals surface area (Å²) in [5.74, 6) is 0.616. The first-order chi connectivity index (χ1) is 14.4. The van der Waals surface area contributed by atoms with E-state index in [9.17, 15) is 13.5 Å². The van der Waals surface area contributed by atoms with Crippen LogP contribution in [0.2, 0.25) is 0 Å². The SMILES string of the molecule is COc1ccc2ccccc2c1-c1cc(NS(=O)(=O)c2ccc(C)cc2)ccc1O. The van der Waals surface area contributed by atoms with Gasteiger partial charge in [0, 0.05) is 16.8 Å². The second-order valence-electron chi connectivity index (χ2n) is 7.01. The molecule has 152 valence electrons. The molecule has 0 spiro atoms. The molecule has 0 bridgehead atoms. The van der Waals surface area contributed by atoms with Crippen LogP contribution in [0.25, 0.3) is 21.9 Å². The number of phenols is 1. The highest BCUT2D eigenvalue weighted by Gasteiger charge is 2.18. The van der Waals surface area contributed by atoms with Crippen molar-refractivity contribution in [2.75, 3.05) is 11.8 Å². The minimum atomic E-state index is -3.76. The maximum atomic E-state index is 12.8. The first-order valence-corrected chi connectivity index (χ1v) is 10.9. The lowest BCUT2D eigenvalue weighted by molar-refractivity contribution is 0.416. The first kappa shape index (κ1) is 19.8. The van der Waals surface area contributed by atoms with Crippen molar-refractivity contribution in [2.24, 2.45) is 0 Å². The summed E-state index contributed by atoms with van der Waals surface area (Å²) in [7, 11) is -2.20. The number of ether oxygens (including phenoxy) is 1. The van der Waals surface area contributed by atoms with Gasteiger partial charge in [-0.05, 0) is 54.1 Å². The largest absolute Gasteiger partial charge is 0.507 e. The summed E-state index contributed by atoms with van der Waals surface area (Å²) < 4.78 is 33.7. The van der Waals surface area contributed by atoms with Gasteiger partial charge in [0.15, 0.2) is 0 Å². The van der Waals surface area contributed by atoms with Crippen LogP contribution >= 0.6 is 0 Å². The van der Waals surface area contributed by atoms with E-state index >= 15 is 0 Å². The van der Waals surface area contributed by atoms with Crippen molar-refractivity contribution in [1.29, 1.82) is 0 Å². The van der Waals surface area contributed by atoms with Crippen molar-refractivity contribution in [3.05, 3.63) is 84.4 Å². The normalized spacial score (nSPS) is 11.4. The minimum Gasteiger partial charge on any atom is -0.507 e. The Bertz CT molecular complexity index is 1330. The number of hydrogen-bond donors (Lipinski definition) is 2. The summed E-state index contributed by atoms with van der Waals surface area (Å²) in [6.45, 7) is 1.90. The Kier molecular flexibility index (Phi) is 5.10. The molecule has 4 aromatic carbocycles. The van der Waals surface area contributed by atoms with E-state index in [1.807, 2.05) is 43.3 Å². The van der Waals surface area contributed by atoms with Gasteiger partial charge < -0.3 is 9.84 Å². The smallest absolute Gasteiger partial charge is 0.261 e. The van der Waals surface area contributed by atoms with Gasteiger partial charge in [0.1, 0.15) is 11.5 Å². The molecule has 4 aromatic rings. The van der Waals surface area contributed by atoms with E-state index < -0.39 is 10.0 Å². The van der Waals surface area contributed by atoms with Gasteiger partial charge in [-0.1, -0.05) is 48.0 Å². The van der Waals surface area contributed by atoms with Crippen LogP contribution in [0, 0.1) is 6.92 Å². The molecule has 0 saturated carbocycles. The number of anilines is 1. The van der Waals surface area contributed by atoms with E-state index in [2.05, 4.69) is 4.72 Å². The van der Waals surface area contributed by atoms with Crippen LogP contribution in [0.15, 0.2) is 83.8 Å². The van der Waals surface area contributed by atoms with Crippen LogP contribution < -0.4 is 9.46 Å². The van der Waals surface area contributed by atoms with Gasteiger partial charge in [-0.3, -0.25) is 4.72 Å². The lowest BCUT2D eigenvalue weighted by Crippen LogP contribution is -2.12. The van der Waals surface area contributed by atoms with E-state index in [0.29, 0.717) is 22.6 Å². The molecular weight excluding hydrogens is 398 g/mol. The molecule has 0 aromatic heterocycles. The fraction of sp³-hybridized carbons (Fsp3) is 0.0833. The highest BCUT2D eigenvalue weighted by molar-refractivity contribution is 7.92. The predicted molar refractivity (Wildman–Crippen MR) is 120 cm³/mol. The van der Waals surface area contributed by atoms with Crippen molar-refractivity contribution < 1.29 is 18.3 Å². The number of aromatic hydroxyl groups is 1. The molecule has 0 saturated heterocycles. The van der Waals surface area contributed by atoms with Gasteiger partial charge >= 0.3 is 0 Å². The van der Waals surface area contributed by atoms with E-state index in [0.717, 1.165) is 16.3 Å². The molecule has 5 nitrogen and oxygen atoms in total. The standard InChI is InChI=1S/C24H21NO4S/c1-16-7-11-19(12-8-16)30(27,28)25-18-10-13-22(26)21(15-18)24-20-6-4-3-5-17(20)9-14-23(24)29-2/h3-15,25-26H,1-2H3. The molecule has 30 heavy (non-hydrogen) atoms. The van der Waals surface area contributed by atoms with Crippen molar-refractivity contribution in [3.63, 3.8) is 0 Å². The van der Waals surface area contributed by atoms with Crippen LogP contribution in [0.3, 0.4) is 0 Å². The Hall–Kier alpha value is -3.51. The van der Waals surface area contributed by atoms with Crippen molar-refractivity contribution >= 4 is 26.5 Å². The molecule has 0 aliphatic heterocycles. The summed E-state index contributed by atoms with van der Waals surface area (Å²) in [5, 5.41) is 12.5. The van der Waals surface area contributed by atoms with Gasteiger partial charge in [-0.2, -0.15) is 0 Å². The summed E-state index contributed by atoms with van der Waals surface area (Å²) in [5.41, 5.74) is 2.50. The first-order valence-electron chi connectivity index (χ1n) is 9.37. The third-order valence-electron chi connectivity index (χ3n) is 4.96. The molecule has 0 fully saturated rings. The molecule has 6 heteroatoms. The molecule has 2 N–H and O–H groups in total. The van der Waals surface area contributed by atoms with Gasteiger partial charge in [-0.25, -0.2) is 8.42 Å². The van der Waals surface area contributed by atoms with Gasteiger partial charge in [0.2, 0.25) is 0 Å². The number of phenolic OH excluding ortho intramolecular Hbond substituents is 1. The van der Waals surface area contributed by atoms with E-state index in [1.165, 1.54) is 12.1 Å². The van der Waals surface area contributed by atoms with Crippen LogP contribution in [0.1, 0.15) is 5.56 Å². The molecule has 0 unspecified atom stereocenters. The number of rotatable bonds is 5. The molecule has 0 amide bonds. The number of methoxy groups -OCH3 is 1.